The Hall–Kier alpha value is -1.10. The van der Waals surface area contributed by atoms with Gasteiger partial charge in [-0.3, -0.25) is 4.57 Å². The zero-order valence-electron chi connectivity index (χ0n) is 9.45. The highest BCUT2D eigenvalue weighted by molar-refractivity contribution is 5.26. The van der Waals surface area contributed by atoms with Crippen LogP contribution in [0.3, 0.4) is 0 Å². The summed E-state index contributed by atoms with van der Waals surface area (Å²) < 4.78 is 2.16. The molecule has 0 bridgehead atoms. The van der Waals surface area contributed by atoms with Crippen molar-refractivity contribution in [1.82, 2.24) is 20.1 Å². The average molecular weight is 209 g/mol. The molecule has 1 aliphatic rings. The van der Waals surface area contributed by atoms with E-state index in [1.165, 1.54) is 12.8 Å². The predicted octanol–water partition coefficient (Wildman–Crippen LogP) is 1.15. The number of rotatable bonds is 4. The van der Waals surface area contributed by atoms with Gasteiger partial charge in [-0.15, -0.1) is 10.2 Å². The number of hydrogen-bond acceptors (Lipinski definition) is 4. The molecule has 0 aliphatic carbocycles. The van der Waals surface area contributed by atoms with Gasteiger partial charge < -0.3 is 10.6 Å². The molecule has 2 rings (SSSR count). The summed E-state index contributed by atoms with van der Waals surface area (Å²) in [6.45, 7) is 7.10. The van der Waals surface area contributed by atoms with E-state index in [4.69, 9.17) is 0 Å². The minimum Gasteiger partial charge on any atom is -0.355 e. The van der Waals surface area contributed by atoms with Crippen molar-refractivity contribution in [2.24, 2.45) is 0 Å². The molecule has 0 aromatic carbocycles. The second-order valence-electron chi connectivity index (χ2n) is 3.81. The topological polar surface area (TPSA) is 54.8 Å². The molecule has 2 N–H and O–H groups in total. The van der Waals surface area contributed by atoms with E-state index in [1.54, 1.807) is 0 Å². The molecule has 1 aliphatic heterocycles. The van der Waals surface area contributed by atoms with Crippen LogP contribution in [-0.2, 0) is 6.54 Å². The van der Waals surface area contributed by atoms with Crippen molar-refractivity contribution in [2.45, 2.75) is 39.3 Å². The molecule has 1 aromatic rings. The van der Waals surface area contributed by atoms with Crippen molar-refractivity contribution >= 4 is 5.95 Å². The standard InChI is InChI=1S/C10H19N5/c1-3-11-10-14-13-9(15(10)4-2)8-6-5-7-12-8/h8,12H,3-7H2,1-2H3,(H,11,14)/t8-/m0/s1. The van der Waals surface area contributed by atoms with Crippen LogP contribution in [0.25, 0.3) is 0 Å². The average Bonchev–Trinajstić information content (AvgIpc) is 2.85. The molecule has 0 amide bonds. The van der Waals surface area contributed by atoms with E-state index in [0.717, 1.165) is 31.4 Å². The van der Waals surface area contributed by atoms with Crippen LogP contribution in [0.5, 0.6) is 0 Å². The molecule has 2 heterocycles. The molecule has 1 saturated heterocycles. The Morgan fingerprint density at radius 2 is 2.33 bits per heavy atom. The summed E-state index contributed by atoms with van der Waals surface area (Å²) in [5, 5.41) is 15.1. The zero-order valence-corrected chi connectivity index (χ0v) is 9.45. The van der Waals surface area contributed by atoms with Gasteiger partial charge in [0.15, 0.2) is 5.82 Å². The second kappa shape index (κ2) is 4.61. The lowest BCUT2D eigenvalue weighted by Gasteiger charge is -2.12. The Morgan fingerprint density at radius 1 is 1.47 bits per heavy atom. The van der Waals surface area contributed by atoms with Gasteiger partial charge in [-0.1, -0.05) is 0 Å². The van der Waals surface area contributed by atoms with E-state index in [9.17, 15) is 0 Å². The first-order chi connectivity index (χ1) is 7.36. The molecule has 0 unspecified atom stereocenters. The highest BCUT2D eigenvalue weighted by atomic mass is 15.4. The summed E-state index contributed by atoms with van der Waals surface area (Å²) in [6, 6.07) is 0.393. The van der Waals surface area contributed by atoms with E-state index >= 15 is 0 Å². The monoisotopic (exact) mass is 209 g/mol. The molecule has 1 aromatic heterocycles. The lowest BCUT2D eigenvalue weighted by atomic mass is 10.2. The van der Waals surface area contributed by atoms with Crippen LogP contribution in [0.4, 0.5) is 5.95 Å². The third-order valence-corrected chi connectivity index (χ3v) is 2.80. The molecule has 84 valence electrons. The van der Waals surface area contributed by atoms with Crippen LogP contribution in [0, 0.1) is 0 Å². The van der Waals surface area contributed by atoms with Gasteiger partial charge in [0.2, 0.25) is 5.95 Å². The molecule has 0 saturated carbocycles. The van der Waals surface area contributed by atoms with Crippen LogP contribution >= 0.6 is 0 Å². The minimum atomic E-state index is 0.393. The lowest BCUT2D eigenvalue weighted by molar-refractivity contribution is 0.559. The summed E-state index contributed by atoms with van der Waals surface area (Å²) in [7, 11) is 0. The van der Waals surface area contributed by atoms with Gasteiger partial charge in [-0.25, -0.2) is 0 Å². The van der Waals surface area contributed by atoms with Crippen molar-refractivity contribution < 1.29 is 0 Å². The largest absolute Gasteiger partial charge is 0.355 e. The first-order valence-electron chi connectivity index (χ1n) is 5.77. The fraction of sp³-hybridized carbons (Fsp3) is 0.800. The van der Waals surface area contributed by atoms with Gasteiger partial charge >= 0.3 is 0 Å². The summed E-state index contributed by atoms with van der Waals surface area (Å²) in [6.07, 6.45) is 2.40. The molecule has 1 fully saturated rings. The van der Waals surface area contributed by atoms with Gasteiger partial charge in [0.05, 0.1) is 6.04 Å². The maximum absolute atomic E-state index is 4.28. The Labute approximate surface area is 90.3 Å². The normalized spacial score (nSPS) is 20.8. The third-order valence-electron chi connectivity index (χ3n) is 2.80. The van der Waals surface area contributed by atoms with Crippen molar-refractivity contribution in [3.05, 3.63) is 5.82 Å². The summed E-state index contributed by atoms with van der Waals surface area (Å²) in [5.74, 6) is 1.97. The predicted molar refractivity (Wildman–Crippen MR) is 59.8 cm³/mol. The van der Waals surface area contributed by atoms with Gasteiger partial charge in [0, 0.05) is 13.1 Å². The SMILES string of the molecule is CCNc1nnc([C@@H]2CCCN2)n1CC. The Bertz CT molecular complexity index is 314. The minimum absolute atomic E-state index is 0.393. The fourth-order valence-corrected chi connectivity index (χ4v) is 2.08. The second-order valence-corrected chi connectivity index (χ2v) is 3.81. The maximum atomic E-state index is 4.28. The van der Waals surface area contributed by atoms with E-state index in [-0.39, 0.29) is 0 Å². The lowest BCUT2D eigenvalue weighted by Crippen LogP contribution is -2.18. The molecule has 0 spiro atoms. The zero-order chi connectivity index (χ0) is 10.7. The van der Waals surface area contributed by atoms with Crippen molar-refractivity contribution in [2.75, 3.05) is 18.4 Å². The maximum Gasteiger partial charge on any atom is 0.224 e. The van der Waals surface area contributed by atoms with Crippen molar-refractivity contribution in [3.8, 4) is 0 Å². The Balaban J connectivity index is 2.22. The Kier molecular flexibility index (Phi) is 3.20. The van der Waals surface area contributed by atoms with Crippen LogP contribution in [0.1, 0.15) is 38.6 Å². The van der Waals surface area contributed by atoms with Crippen LogP contribution < -0.4 is 10.6 Å². The van der Waals surface area contributed by atoms with Gasteiger partial charge in [-0.2, -0.15) is 0 Å². The number of hydrogen-bond donors (Lipinski definition) is 2. The molecular formula is C10H19N5. The fourth-order valence-electron chi connectivity index (χ4n) is 2.08. The molecule has 0 radical (unpaired) electrons. The summed E-state index contributed by atoms with van der Waals surface area (Å²) >= 11 is 0. The Morgan fingerprint density at radius 3 is 2.93 bits per heavy atom. The van der Waals surface area contributed by atoms with Crippen LogP contribution in [0.2, 0.25) is 0 Å². The van der Waals surface area contributed by atoms with E-state index in [1.807, 2.05) is 0 Å². The van der Waals surface area contributed by atoms with Crippen molar-refractivity contribution in [3.63, 3.8) is 0 Å². The van der Waals surface area contributed by atoms with E-state index in [2.05, 4.69) is 39.2 Å². The number of aromatic nitrogens is 3. The summed E-state index contributed by atoms with van der Waals surface area (Å²) in [5.41, 5.74) is 0. The number of nitrogens with zero attached hydrogens (tertiary/aromatic N) is 3. The third kappa shape index (κ3) is 1.97. The number of nitrogens with one attached hydrogen (secondary N) is 2. The van der Waals surface area contributed by atoms with Gasteiger partial charge in [-0.05, 0) is 33.2 Å². The highest BCUT2D eigenvalue weighted by Crippen LogP contribution is 2.23. The van der Waals surface area contributed by atoms with E-state index in [0.29, 0.717) is 6.04 Å². The molecule has 5 nitrogen and oxygen atoms in total. The van der Waals surface area contributed by atoms with Crippen LogP contribution in [0.15, 0.2) is 0 Å². The summed E-state index contributed by atoms with van der Waals surface area (Å²) in [4.78, 5) is 0. The quantitative estimate of drug-likeness (QED) is 0.781. The molecule has 1 atom stereocenters. The molecule has 15 heavy (non-hydrogen) atoms. The molecular weight excluding hydrogens is 190 g/mol. The van der Waals surface area contributed by atoms with Gasteiger partial charge in [0.1, 0.15) is 0 Å². The first kappa shape index (κ1) is 10.4. The number of anilines is 1. The first-order valence-corrected chi connectivity index (χ1v) is 5.77. The van der Waals surface area contributed by atoms with Crippen LogP contribution in [-0.4, -0.2) is 27.9 Å². The van der Waals surface area contributed by atoms with E-state index < -0.39 is 0 Å². The molecule has 5 heteroatoms. The highest BCUT2D eigenvalue weighted by Gasteiger charge is 2.22. The van der Waals surface area contributed by atoms with Gasteiger partial charge in [0.25, 0.3) is 0 Å². The van der Waals surface area contributed by atoms with Crippen molar-refractivity contribution in [1.29, 1.82) is 0 Å². The smallest absolute Gasteiger partial charge is 0.224 e.